The van der Waals surface area contributed by atoms with E-state index < -0.39 is 9.84 Å². The molecule has 0 unspecified atom stereocenters. The summed E-state index contributed by atoms with van der Waals surface area (Å²) in [4.78, 5) is 5.90. The number of anilines is 2. The van der Waals surface area contributed by atoms with E-state index in [1.54, 1.807) is 48.2 Å². The van der Waals surface area contributed by atoms with E-state index >= 15 is 0 Å². The maximum absolute atomic E-state index is 13.5. The molecule has 10 heteroatoms. The molecule has 0 saturated heterocycles. The molecule has 0 saturated carbocycles. The zero-order valence-corrected chi connectivity index (χ0v) is 21.0. The van der Waals surface area contributed by atoms with Gasteiger partial charge in [0.1, 0.15) is 5.82 Å². The number of nitrogens with zero attached hydrogens (tertiary/aromatic N) is 4. The third-order valence-corrected chi connectivity index (χ3v) is 8.26. The molecule has 2 heterocycles. The summed E-state index contributed by atoms with van der Waals surface area (Å²) in [6.45, 7) is 3.81. The average molecular weight is 510 g/mol. The van der Waals surface area contributed by atoms with Gasteiger partial charge in [0.2, 0.25) is 14.9 Å². The fraction of sp³-hybridized carbons (Fsp3) is 0.125. The van der Waals surface area contributed by atoms with E-state index in [0.717, 1.165) is 21.7 Å². The van der Waals surface area contributed by atoms with Crippen molar-refractivity contribution >= 4 is 61.3 Å². The van der Waals surface area contributed by atoms with Crippen LogP contribution in [-0.2, 0) is 9.84 Å². The monoisotopic (exact) mass is 509 g/mol. The Hall–Kier alpha value is -3.14. The molecular weight excluding hydrogens is 490 g/mol. The summed E-state index contributed by atoms with van der Waals surface area (Å²) in [5.41, 5.74) is 3.47. The van der Waals surface area contributed by atoms with Crippen LogP contribution < -0.4 is 5.32 Å². The quantitative estimate of drug-likeness (QED) is 0.297. The van der Waals surface area contributed by atoms with Crippen molar-refractivity contribution in [1.29, 1.82) is 0 Å². The first-order valence-corrected chi connectivity index (χ1v) is 13.4. The maximum atomic E-state index is 13.5. The Bertz CT molecular complexity index is 1680. The first kappa shape index (κ1) is 22.6. The summed E-state index contributed by atoms with van der Waals surface area (Å²) in [6.07, 6.45) is 2.00. The first-order valence-electron chi connectivity index (χ1n) is 10.4. The molecular formula is C24H20ClN5O2S2. The van der Waals surface area contributed by atoms with Crippen molar-refractivity contribution in [3.05, 3.63) is 76.8 Å². The number of nitrogens with one attached hydrogen (secondary N) is 1. The number of sulfone groups is 1. The molecule has 34 heavy (non-hydrogen) atoms. The van der Waals surface area contributed by atoms with Crippen molar-refractivity contribution in [3.8, 4) is 0 Å². The lowest BCUT2D eigenvalue weighted by Crippen LogP contribution is -2.06. The first-order chi connectivity index (χ1) is 16.3. The Kier molecular flexibility index (Phi) is 5.71. The molecule has 1 N–H and O–H groups in total. The second-order valence-corrected chi connectivity index (χ2v) is 11.0. The van der Waals surface area contributed by atoms with Crippen LogP contribution in [-0.4, -0.2) is 34.5 Å². The van der Waals surface area contributed by atoms with Crippen molar-refractivity contribution in [1.82, 2.24) is 19.8 Å². The zero-order chi connectivity index (χ0) is 24.0. The van der Waals surface area contributed by atoms with Crippen LogP contribution in [0.2, 0.25) is 5.02 Å². The van der Waals surface area contributed by atoms with Crippen LogP contribution in [0.25, 0.3) is 16.6 Å². The topological polar surface area (TPSA) is 89.2 Å². The molecule has 5 aromatic rings. The van der Waals surface area contributed by atoms with Gasteiger partial charge in [0, 0.05) is 21.0 Å². The third-order valence-electron chi connectivity index (χ3n) is 5.65. The summed E-state index contributed by atoms with van der Waals surface area (Å²) in [5.74, 6) is 0.460. The van der Waals surface area contributed by atoms with E-state index in [2.05, 4.69) is 20.6 Å². The van der Waals surface area contributed by atoms with E-state index in [9.17, 15) is 8.42 Å². The number of hydrogen-bond donors (Lipinski definition) is 1. The molecule has 7 nitrogen and oxygen atoms in total. The predicted octanol–water partition coefficient (Wildman–Crippen LogP) is 5.85. The van der Waals surface area contributed by atoms with E-state index in [0.29, 0.717) is 21.7 Å². The van der Waals surface area contributed by atoms with E-state index in [-0.39, 0.29) is 15.6 Å². The van der Waals surface area contributed by atoms with Gasteiger partial charge in [0.25, 0.3) is 0 Å². The minimum Gasteiger partial charge on any atom is -0.340 e. The van der Waals surface area contributed by atoms with E-state index in [1.165, 1.54) is 4.52 Å². The van der Waals surface area contributed by atoms with Crippen molar-refractivity contribution < 1.29 is 8.42 Å². The average Bonchev–Trinajstić information content (AvgIpc) is 3.25. The van der Waals surface area contributed by atoms with Gasteiger partial charge in [-0.05, 0) is 79.8 Å². The summed E-state index contributed by atoms with van der Waals surface area (Å²) in [6, 6.07) is 18.1. The molecule has 0 bridgehead atoms. The Morgan fingerprint density at radius 2 is 1.82 bits per heavy atom. The van der Waals surface area contributed by atoms with Gasteiger partial charge in [0.05, 0.1) is 10.4 Å². The molecule has 0 fully saturated rings. The molecule has 172 valence electrons. The molecule has 3 aromatic carbocycles. The fourth-order valence-electron chi connectivity index (χ4n) is 3.67. The zero-order valence-electron chi connectivity index (χ0n) is 18.6. The van der Waals surface area contributed by atoms with E-state index in [4.69, 9.17) is 11.6 Å². The van der Waals surface area contributed by atoms with Gasteiger partial charge < -0.3 is 5.32 Å². The highest BCUT2D eigenvalue weighted by Gasteiger charge is 2.27. The largest absolute Gasteiger partial charge is 0.340 e. The van der Waals surface area contributed by atoms with Crippen molar-refractivity contribution in [3.63, 3.8) is 0 Å². The molecule has 0 spiro atoms. The highest BCUT2D eigenvalue weighted by atomic mass is 35.5. The molecule has 0 atom stereocenters. The number of rotatable bonds is 5. The van der Waals surface area contributed by atoms with Gasteiger partial charge in [-0.25, -0.2) is 13.4 Å². The SMILES string of the molecule is CSc1cccc(Nc2nc3c(S(=O)(=O)c4ccc(C)c(C)c4)nnn3c3ccc(Cl)cc23)c1. The number of benzene rings is 3. The summed E-state index contributed by atoms with van der Waals surface area (Å²) < 4.78 is 28.5. The van der Waals surface area contributed by atoms with Crippen molar-refractivity contribution in [2.24, 2.45) is 0 Å². The predicted molar refractivity (Wildman–Crippen MR) is 136 cm³/mol. The van der Waals surface area contributed by atoms with E-state index in [1.807, 2.05) is 44.4 Å². The summed E-state index contributed by atoms with van der Waals surface area (Å²) >= 11 is 7.90. The minimum absolute atomic E-state index is 0.136. The Labute approximate surface area is 206 Å². The number of fused-ring (bicyclic) bond motifs is 3. The Morgan fingerprint density at radius 3 is 2.59 bits per heavy atom. The fourth-order valence-corrected chi connectivity index (χ4v) is 5.62. The molecule has 0 aliphatic heterocycles. The highest BCUT2D eigenvalue weighted by Crippen LogP contribution is 2.32. The Balaban J connectivity index is 1.74. The van der Waals surface area contributed by atoms with Crippen molar-refractivity contribution in [2.45, 2.75) is 28.7 Å². The lowest BCUT2D eigenvalue weighted by Gasteiger charge is -2.12. The normalized spacial score (nSPS) is 11.9. The lowest BCUT2D eigenvalue weighted by molar-refractivity contribution is 0.592. The molecule has 0 amide bonds. The summed E-state index contributed by atoms with van der Waals surface area (Å²) in [7, 11) is -3.95. The van der Waals surface area contributed by atoms with Gasteiger partial charge in [-0.1, -0.05) is 28.9 Å². The second-order valence-electron chi connectivity index (χ2n) is 7.86. The van der Waals surface area contributed by atoms with Crippen LogP contribution in [0.3, 0.4) is 0 Å². The number of aryl methyl sites for hydroxylation is 2. The lowest BCUT2D eigenvalue weighted by atomic mass is 10.1. The molecule has 2 aromatic heterocycles. The van der Waals surface area contributed by atoms with Gasteiger partial charge >= 0.3 is 0 Å². The molecule has 0 aliphatic rings. The molecule has 5 rings (SSSR count). The molecule has 0 radical (unpaired) electrons. The number of thioether (sulfide) groups is 1. The highest BCUT2D eigenvalue weighted by molar-refractivity contribution is 7.98. The number of hydrogen-bond acceptors (Lipinski definition) is 7. The van der Waals surface area contributed by atoms with Gasteiger partial charge in [0.15, 0.2) is 5.65 Å². The van der Waals surface area contributed by atoms with Crippen molar-refractivity contribution in [2.75, 3.05) is 11.6 Å². The Morgan fingerprint density at radius 1 is 1.00 bits per heavy atom. The summed E-state index contributed by atoms with van der Waals surface area (Å²) in [5, 5.41) is 12.5. The molecule has 0 aliphatic carbocycles. The van der Waals surface area contributed by atoms with Crippen LogP contribution in [0.5, 0.6) is 0 Å². The van der Waals surface area contributed by atoms with Gasteiger partial charge in [-0.2, -0.15) is 4.52 Å². The maximum Gasteiger partial charge on any atom is 0.229 e. The van der Waals surface area contributed by atoms with Crippen LogP contribution >= 0.6 is 23.4 Å². The second kappa shape index (κ2) is 8.57. The van der Waals surface area contributed by atoms with Crippen LogP contribution in [0, 0.1) is 13.8 Å². The van der Waals surface area contributed by atoms with Gasteiger partial charge in [-0.15, -0.1) is 16.9 Å². The van der Waals surface area contributed by atoms with Crippen LogP contribution in [0.1, 0.15) is 11.1 Å². The van der Waals surface area contributed by atoms with Crippen LogP contribution in [0.4, 0.5) is 11.5 Å². The van der Waals surface area contributed by atoms with Gasteiger partial charge in [-0.3, -0.25) is 0 Å². The number of halogens is 1. The minimum atomic E-state index is -3.95. The van der Waals surface area contributed by atoms with Crippen LogP contribution in [0.15, 0.2) is 75.5 Å². The number of aromatic nitrogens is 4. The standard InChI is InChI=1S/C24H20ClN5O2S2/c1-14-7-9-19(11-15(14)2)34(31,32)24-23-27-22(26-17-5-4-6-18(13-17)33-3)20-12-16(25)8-10-21(20)30(23)29-28-24/h4-13H,1-3H3,(H,26,27). The smallest absolute Gasteiger partial charge is 0.229 e. The third kappa shape index (κ3) is 3.89.